The molecule has 26 heavy (non-hydrogen) atoms. The van der Waals surface area contributed by atoms with Gasteiger partial charge in [-0.25, -0.2) is 9.37 Å². The number of nitrogens with zero attached hydrogens (tertiary/aromatic N) is 2. The zero-order chi connectivity index (χ0) is 18.8. The van der Waals surface area contributed by atoms with E-state index < -0.39 is 0 Å². The molecule has 0 fully saturated rings. The minimum Gasteiger partial charge on any atom is -0.310 e. The molecule has 0 atom stereocenters. The first kappa shape index (κ1) is 20.6. The molecule has 0 amide bonds. The van der Waals surface area contributed by atoms with Crippen LogP contribution >= 0.6 is 11.8 Å². The standard InChI is InChI=1S/C21H28FN3S/c1-3-12-25(13-6-7-17(2)23)15-19-9-5-11-24-21(19)26-16-18-8-4-10-20(22)14-18/h4-5,8-11,14,23H,3,6-7,12-13,15-16H2,1-2H3. The van der Waals surface area contributed by atoms with Gasteiger partial charge >= 0.3 is 0 Å². The molecule has 1 aromatic carbocycles. The molecule has 0 saturated carbocycles. The van der Waals surface area contributed by atoms with E-state index in [0.717, 1.165) is 55.2 Å². The Morgan fingerprint density at radius 3 is 2.81 bits per heavy atom. The fourth-order valence-electron chi connectivity index (χ4n) is 2.85. The SMILES string of the molecule is CCCN(CCCC(C)=N)Cc1cccnc1SCc1cccc(F)c1. The number of hydrogen-bond acceptors (Lipinski definition) is 4. The van der Waals surface area contributed by atoms with Crippen molar-refractivity contribution >= 4 is 17.5 Å². The molecule has 0 radical (unpaired) electrons. The number of pyridine rings is 1. The summed E-state index contributed by atoms with van der Waals surface area (Å²) in [6.07, 6.45) is 4.80. The molecular formula is C21H28FN3S. The van der Waals surface area contributed by atoms with Crippen LogP contribution in [0.5, 0.6) is 0 Å². The van der Waals surface area contributed by atoms with Crippen molar-refractivity contribution in [3.8, 4) is 0 Å². The van der Waals surface area contributed by atoms with Gasteiger partial charge in [-0.3, -0.25) is 4.90 Å². The van der Waals surface area contributed by atoms with Crippen molar-refractivity contribution in [1.82, 2.24) is 9.88 Å². The summed E-state index contributed by atoms with van der Waals surface area (Å²) in [6.45, 7) is 6.96. The summed E-state index contributed by atoms with van der Waals surface area (Å²) in [5.41, 5.74) is 2.93. The van der Waals surface area contributed by atoms with Crippen molar-refractivity contribution in [2.45, 2.75) is 50.4 Å². The maximum Gasteiger partial charge on any atom is 0.123 e. The van der Waals surface area contributed by atoms with Gasteiger partial charge in [0.05, 0.1) is 0 Å². The molecule has 1 heterocycles. The van der Waals surface area contributed by atoms with E-state index in [2.05, 4.69) is 22.9 Å². The highest BCUT2D eigenvalue weighted by atomic mass is 32.2. The molecule has 0 unspecified atom stereocenters. The van der Waals surface area contributed by atoms with Gasteiger partial charge in [0.15, 0.2) is 0 Å². The van der Waals surface area contributed by atoms with Gasteiger partial charge in [-0.2, -0.15) is 0 Å². The largest absolute Gasteiger partial charge is 0.310 e. The fourth-order valence-corrected chi connectivity index (χ4v) is 3.78. The first-order valence-corrected chi connectivity index (χ1v) is 10.1. The van der Waals surface area contributed by atoms with Crippen LogP contribution in [0, 0.1) is 11.2 Å². The van der Waals surface area contributed by atoms with E-state index in [1.54, 1.807) is 23.9 Å². The average molecular weight is 374 g/mol. The molecule has 0 aliphatic carbocycles. The zero-order valence-corrected chi connectivity index (χ0v) is 16.5. The molecule has 0 aliphatic rings. The second-order valence-corrected chi connectivity index (χ2v) is 7.51. The van der Waals surface area contributed by atoms with Gasteiger partial charge in [0.2, 0.25) is 0 Å². The molecule has 5 heteroatoms. The third kappa shape index (κ3) is 7.26. The van der Waals surface area contributed by atoms with Crippen molar-refractivity contribution in [2.75, 3.05) is 13.1 Å². The van der Waals surface area contributed by atoms with Crippen LogP contribution in [0.4, 0.5) is 4.39 Å². The van der Waals surface area contributed by atoms with Gasteiger partial charge in [-0.15, -0.1) is 11.8 Å². The van der Waals surface area contributed by atoms with E-state index in [1.165, 1.54) is 11.6 Å². The van der Waals surface area contributed by atoms with Crippen LogP contribution in [0.3, 0.4) is 0 Å². The van der Waals surface area contributed by atoms with Crippen LogP contribution in [0.1, 0.15) is 44.2 Å². The van der Waals surface area contributed by atoms with E-state index >= 15 is 0 Å². The maximum atomic E-state index is 13.4. The highest BCUT2D eigenvalue weighted by molar-refractivity contribution is 7.98. The van der Waals surface area contributed by atoms with Gasteiger partial charge < -0.3 is 5.41 Å². The predicted molar refractivity (Wildman–Crippen MR) is 108 cm³/mol. The molecule has 140 valence electrons. The summed E-state index contributed by atoms with van der Waals surface area (Å²) < 4.78 is 13.4. The first-order valence-electron chi connectivity index (χ1n) is 9.16. The first-order chi connectivity index (χ1) is 12.6. The van der Waals surface area contributed by atoms with Gasteiger partial charge in [0.25, 0.3) is 0 Å². The summed E-state index contributed by atoms with van der Waals surface area (Å²) in [4.78, 5) is 6.98. The van der Waals surface area contributed by atoms with Crippen LogP contribution in [0.2, 0.25) is 0 Å². The van der Waals surface area contributed by atoms with Gasteiger partial charge in [0.1, 0.15) is 10.8 Å². The Morgan fingerprint density at radius 2 is 2.08 bits per heavy atom. The third-order valence-electron chi connectivity index (χ3n) is 4.07. The van der Waals surface area contributed by atoms with Crippen LogP contribution in [0.15, 0.2) is 47.6 Å². The summed E-state index contributed by atoms with van der Waals surface area (Å²) in [6, 6.07) is 10.9. The summed E-state index contributed by atoms with van der Waals surface area (Å²) in [5, 5.41) is 8.60. The molecule has 2 rings (SSSR count). The number of rotatable bonds is 11. The average Bonchev–Trinajstić information content (AvgIpc) is 2.61. The Kier molecular flexibility index (Phi) is 8.78. The lowest BCUT2D eigenvalue weighted by atomic mass is 10.2. The van der Waals surface area contributed by atoms with Crippen LogP contribution in [0.25, 0.3) is 0 Å². The summed E-state index contributed by atoms with van der Waals surface area (Å²) >= 11 is 1.66. The number of benzene rings is 1. The predicted octanol–water partition coefficient (Wildman–Crippen LogP) is 5.54. The third-order valence-corrected chi connectivity index (χ3v) is 5.19. The molecule has 0 spiro atoms. The van der Waals surface area contributed by atoms with E-state index in [9.17, 15) is 4.39 Å². The molecule has 1 N–H and O–H groups in total. The van der Waals surface area contributed by atoms with Gasteiger partial charge in [-0.1, -0.05) is 25.1 Å². The Hall–Kier alpha value is -1.72. The maximum absolute atomic E-state index is 13.4. The Bertz CT molecular complexity index is 705. The van der Waals surface area contributed by atoms with Crippen molar-refractivity contribution in [3.05, 3.63) is 59.5 Å². The number of nitrogens with one attached hydrogen (secondary N) is 1. The van der Waals surface area contributed by atoms with E-state index in [0.29, 0.717) is 5.75 Å². The topological polar surface area (TPSA) is 40.0 Å². The highest BCUT2D eigenvalue weighted by Crippen LogP contribution is 2.25. The number of halogens is 1. The van der Waals surface area contributed by atoms with E-state index in [-0.39, 0.29) is 5.82 Å². The van der Waals surface area contributed by atoms with Crippen molar-refractivity contribution < 1.29 is 4.39 Å². The van der Waals surface area contributed by atoms with E-state index in [4.69, 9.17) is 5.41 Å². The van der Waals surface area contributed by atoms with Crippen LogP contribution in [-0.4, -0.2) is 28.7 Å². The van der Waals surface area contributed by atoms with E-state index in [1.807, 2.05) is 25.3 Å². The minimum absolute atomic E-state index is 0.194. The van der Waals surface area contributed by atoms with Gasteiger partial charge in [-0.05, 0) is 68.6 Å². The Labute approximate surface area is 160 Å². The molecule has 0 saturated heterocycles. The number of hydrogen-bond donors (Lipinski definition) is 1. The lowest BCUT2D eigenvalue weighted by Gasteiger charge is -2.22. The fraction of sp³-hybridized carbons (Fsp3) is 0.429. The molecule has 2 aromatic rings. The molecule has 1 aromatic heterocycles. The summed E-state index contributed by atoms with van der Waals surface area (Å²) in [5.74, 6) is 0.516. The van der Waals surface area contributed by atoms with Crippen molar-refractivity contribution in [1.29, 1.82) is 5.41 Å². The number of aromatic nitrogens is 1. The Balaban J connectivity index is 2.00. The monoisotopic (exact) mass is 373 g/mol. The van der Waals surface area contributed by atoms with Crippen molar-refractivity contribution in [2.24, 2.45) is 0 Å². The molecule has 0 bridgehead atoms. The second-order valence-electron chi connectivity index (χ2n) is 6.55. The van der Waals surface area contributed by atoms with Crippen molar-refractivity contribution in [3.63, 3.8) is 0 Å². The lowest BCUT2D eigenvalue weighted by Crippen LogP contribution is -2.26. The van der Waals surface area contributed by atoms with Crippen LogP contribution < -0.4 is 0 Å². The normalized spacial score (nSPS) is 11.1. The minimum atomic E-state index is -0.194. The second kappa shape index (κ2) is 11.1. The molecular weight excluding hydrogens is 345 g/mol. The molecule has 3 nitrogen and oxygen atoms in total. The quantitative estimate of drug-likeness (QED) is 0.415. The highest BCUT2D eigenvalue weighted by Gasteiger charge is 2.10. The van der Waals surface area contributed by atoms with Gasteiger partial charge in [0, 0.05) is 24.2 Å². The zero-order valence-electron chi connectivity index (χ0n) is 15.7. The number of thioether (sulfide) groups is 1. The Morgan fingerprint density at radius 1 is 1.23 bits per heavy atom. The summed E-state index contributed by atoms with van der Waals surface area (Å²) in [7, 11) is 0. The van der Waals surface area contributed by atoms with Crippen LogP contribution in [-0.2, 0) is 12.3 Å². The molecule has 0 aliphatic heterocycles. The lowest BCUT2D eigenvalue weighted by molar-refractivity contribution is 0.262. The smallest absolute Gasteiger partial charge is 0.123 e.